The first-order chi connectivity index (χ1) is 13.2. The molecule has 2 aromatic rings. The highest BCUT2D eigenvalue weighted by atomic mass is 35.5. The average Bonchev–Trinajstić information content (AvgIpc) is 2.72. The molecule has 5 nitrogen and oxygen atoms in total. The Balaban J connectivity index is 1.60. The predicted molar refractivity (Wildman–Crippen MR) is 108 cm³/mol. The third-order valence-corrected chi connectivity index (χ3v) is 4.82. The molecular weight excluding hydrogens is 364 g/mol. The van der Waals surface area contributed by atoms with Crippen LogP contribution in [0.25, 0.3) is 0 Å². The SMILES string of the molecule is CCOCCOc1ccccc1C(=O)N1CCN(c2ccc(Cl)cc2)CC1. The number of piperazine rings is 1. The monoisotopic (exact) mass is 388 g/mol. The fourth-order valence-corrected chi connectivity index (χ4v) is 3.24. The number of nitrogens with zero attached hydrogens (tertiary/aromatic N) is 2. The fourth-order valence-electron chi connectivity index (χ4n) is 3.11. The molecule has 0 N–H and O–H groups in total. The molecule has 1 saturated heterocycles. The number of ether oxygens (including phenoxy) is 2. The highest BCUT2D eigenvalue weighted by Gasteiger charge is 2.24. The van der Waals surface area contributed by atoms with Gasteiger partial charge in [-0.1, -0.05) is 23.7 Å². The predicted octanol–water partition coefficient (Wildman–Crippen LogP) is 3.72. The molecule has 1 aliphatic heterocycles. The Bertz CT molecular complexity index is 743. The maximum atomic E-state index is 13.0. The van der Waals surface area contributed by atoms with Crippen LogP contribution >= 0.6 is 11.6 Å². The van der Waals surface area contributed by atoms with Gasteiger partial charge in [0.2, 0.25) is 0 Å². The van der Waals surface area contributed by atoms with E-state index in [1.807, 2.05) is 60.4 Å². The van der Waals surface area contributed by atoms with Gasteiger partial charge in [0.15, 0.2) is 0 Å². The van der Waals surface area contributed by atoms with Gasteiger partial charge in [-0.25, -0.2) is 0 Å². The zero-order valence-electron chi connectivity index (χ0n) is 15.6. The van der Waals surface area contributed by atoms with Crippen molar-refractivity contribution in [2.45, 2.75) is 6.92 Å². The van der Waals surface area contributed by atoms with Gasteiger partial charge in [-0.15, -0.1) is 0 Å². The number of carbonyl (C=O) groups excluding carboxylic acids is 1. The third kappa shape index (κ3) is 5.15. The van der Waals surface area contributed by atoms with Gasteiger partial charge in [0.05, 0.1) is 12.2 Å². The van der Waals surface area contributed by atoms with Crippen LogP contribution in [0.2, 0.25) is 5.02 Å². The molecule has 27 heavy (non-hydrogen) atoms. The molecule has 0 aliphatic carbocycles. The number of halogens is 1. The number of hydrogen-bond donors (Lipinski definition) is 0. The fraction of sp³-hybridized carbons (Fsp3) is 0.381. The lowest BCUT2D eigenvalue weighted by molar-refractivity contribution is 0.0736. The van der Waals surface area contributed by atoms with Crippen LogP contribution in [0.15, 0.2) is 48.5 Å². The minimum atomic E-state index is 0.0118. The van der Waals surface area contributed by atoms with Gasteiger partial charge in [0, 0.05) is 43.5 Å². The molecule has 0 atom stereocenters. The van der Waals surface area contributed by atoms with E-state index in [2.05, 4.69) is 4.90 Å². The van der Waals surface area contributed by atoms with E-state index in [-0.39, 0.29) is 5.91 Å². The minimum absolute atomic E-state index is 0.0118. The standard InChI is InChI=1S/C21H25ClN2O3/c1-2-26-15-16-27-20-6-4-3-5-19(20)21(25)24-13-11-23(12-14-24)18-9-7-17(22)8-10-18/h3-10H,2,11-16H2,1H3. The molecule has 0 aromatic heterocycles. The maximum Gasteiger partial charge on any atom is 0.257 e. The van der Waals surface area contributed by atoms with Crippen LogP contribution in [0, 0.1) is 0 Å². The maximum absolute atomic E-state index is 13.0. The van der Waals surface area contributed by atoms with Crippen LogP contribution in [0.1, 0.15) is 17.3 Å². The first-order valence-corrected chi connectivity index (χ1v) is 9.66. The molecule has 144 valence electrons. The van der Waals surface area contributed by atoms with E-state index in [1.54, 1.807) is 0 Å². The summed E-state index contributed by atoms with van der Waals surface area (Å²) in [6, 6.07) is 15.2. The van der Waals surface area contributed by atoms with Gasteiger partial charge in [-0.3, -0.25) is 4.79 Å². The highest BCUT2D eigenvalue weighted by molar-refractivity contribution is 6.30. The first-order valence-electron chi connectivity index (χ1n) is 9.28. The Morgan fingerprint density at radius 1 is 1.00 bits per heavy atom. The van der Waals surface area contributed by atoms with E-state index >= 15 is 0 Å². The Morgan fingerprint density at radius 2 is 1.70 bits per heavy atom. The number of rotatable bonds is 7. The molecule has 0 bridgehead atoms. The summed E-state index contributed by atoms with van der Waals surface area (Å²) >= 11 is 5.96. The van der Waals surface area contributed by atoms with Gasteiger partial charge < -0.3 is 19.3 Å². The molecule has 1 amide bonds. The molecule has 1 fully saturated rings. The van der Waals surface area contributed by atoms with Gasteiger partial charge in [0.1, 0.15) is 12.4 Å². The second kappa shape index (κ2) is 9.62. The summed E-state index contributed by atoms with van der Waals surface area (Å²) in [6.07, 6.45) is 0. The molecule has 1 heterocycles. The van der Waals surface area contributed by atoms with E-state index in [0.29, 0.717) is 44.2 Å². The van der Waals surface area contributed by atoms with E-state index in [1.165, 1.54) is 0 Å². The van der Waals surface area contributed by atoms with E-state index in [4.69, 9.17) is 21.1 Å². The van der Waals surface area contributed by atoms with Crippen LogP contribution in [0.4, 0.5) is 5.69 Å². The molecule has 3 rings (SSSR count). The summed E-state index contributed by atoms with van der Waals surface area (Å²) < 4.78 is 11.1. The van der Waals surface area contributed by atoms with Gasteiger partial charge in [-0.05, 0) is 43.3 Å². The van der Waals surface area contributed by atoms with Crippen molar-refractivity contribution in [3.63, 3.8) is 0 Å². The van der Waals surface area contributed by atoms with E-state index in [0.717, 1.165) is 23.8 Å². The Morgan fingerprint density at radius 3 is 2.41 bits per heavy atom. The molecule has 0 radical (unpaired) electrons. The topological polar surface area (TPSA) is 42.0 Å². The molecule has 0 spiro atoms. The van der Waals surface area contributed by atoms with Gasteiger partial charge in [0.25, 0.3) is 5.91 Å². The molecule has 1 aliphatic rings. The van der Waals surface area contributed by atoms with E-state index in [9.17, 15) is 4.79 Å². The van der Waals surface area contributed by atoms with Crippen molar-refractivity contribution in [2.75, 3.05) is 50.9 Å². The summed E-state index contributed by atoms with van der Waals surface area (Å²) in [5, 5.41) is 0.730. The number of benzene rings is 2. The van der Waals surface area contributed by atoms with Crippen molar-refractivity contribution in [3.8, 4) is 5.75 Å². The summed E-state index contributed by atoms with van der Waals surface area (Å²) in [7, 11) is 0. The number of carbonyl (C=O) groups is 1. The van der Waals surface area contributed by atoms with Crippen molar-refractivity contribution < 1.29 is 14.3 Å². The van der Waals surface area contributed by atoms with Gasteiger partial charge >= 0.3 is 0 Å². The number of para-hydroxylation sites is 1. The van der Waals surface area contributed by atoms with Crippen LogP contribution in [-0.4, -0.2) is 56.8 Å². The second-order valence-corrected chi connectivity index (χ2v) is 6.73. The second-order valence-electron chi connectivity index (χ2n) is 6.30. The van der Waals surface area contributed by atoms with Crippen molar-refractivity contribution in [1.82, 2.24) is 4.90 Å². The van der Waals surface area contributed by atoms with Gasteiger partial charge in [-0.2, -0.15) is 0 Å². The summed E-state index contributed by atoms with van der Waals surface area (Å²) in [4.78, 5) is 17.1. The first kappa shape index (κ1) is 19.5. The number of amides is 1. The quantitative estimate of drug-likeness (QED) is 0.678. The van der Waals surface area contributed by atoms with Crippen LogP contribution in [0.5, 0.6) is 5.75 Å². The molecule has 0 saturated carbocycles. The van der Waals surface area contributed by atoms with Crippen molar-refractivity contribution in [3.05, 3.63) is 59.1 Å². The Labute approximate surface area is 165 Å². The van der Waals surface area contributed by atoms with Crippen LogP contribution < -0.4 is 9.64 Å². The van der Waals surface area contributed by atoms with Crippen LogP contribution in [-0.2, 0) is 4.74 Å². The molecule has 0 unspecified atom stereocenters. The van der Waals surface area contributed by atoms with Crippen molar-refractivity contribution in [2.24, 2.45) is 0 Å². The molecular formula is C21H25ClN2O3. The third-order valence-electron chi connectivity index (χ3n) is 4.57. The Hall–Kier alpha value is -2.24. The summed E-state index contributed by atoms with van der Waals surface area (Å²) in [6.45, 7) is 6.48. The average molecular weight is 389 g/mol. The zero-order valence-corrected chi connectivity index (χ0v) is 16.3. The lowest BCUT2D eigenvalue weighted by Gasteiger charge is -2.36. The Kier molecular flexibility index (Phi) is 6.96. The zero-order chi connectivity index (χ0) is 19.1. The number of hydrogen-bond acceptors (Lipinski definition) is 4. The van der Waals surface area contributed by atoms with Crippen LogP contribution in [0.3, 0.4) is 0 Å². The lowest BCUT2D eigenvalue weighted by atomic mass is 10.1. The summed E-state index contributed by atoms with van der Waals surface area (Å²) in [5.41, 5.74) is 1.74. The highest BCUT2D eigenvalue weighted by Crippen LogP contribution is 2.23. The van der Waals surface area contributed by atoms with Crippen molar-refractivity contribution >= 4 is 23.2 Å². The molecule has 2 aromatic carbocycles. The van der Waals surface area contributed by atoms with Crippen molar-refractivity contribution in [1.29, 1.82) is 0 Å². The molecule has 6 heteroatoms. The van der Waals surface area contributed by atoms with E-state index < -0.39 is 0 Å². The summed E-state index contributed by atoms with van der Waals surface area (Å²) in [5.74, 6) is 0.625. The smallest absolute Gasteiger partial charge is 0.257 e. The lowest BCUT2D eigenvalue weighted by Crippen LogP contribution is -2.48. The largest absolute Gasteiger partial charge is 0.490 e. The number of anilines is 1. The normalized spacial score (nSPS) is 14.3. The minimum Gasteiger partial charge on any atom is -0.490 e.